The molecule has 0 aromatic heterocycles. The summed E-state index contributed by atoms with van der Waals surface area (Å²) in [6.45, 7) is 3.97. The Hall–Kier alpha value is -2.59. The fraction of sp³-hybridized carbons (Fsp3) is 0.286. The van der Waals surface area contributed by atoms with Gasteiger partial charge in [0.25, 0.3) is 0 Å². The van der Waals surface area contributed by atoms with E-state index < -0.39 is 12.0 Å². The van der Waals surface area contributed by atoms with Crippen LogP contribution in [0.5, 0.6) is 5.75 Å². The van der Waals surface area contributed by atoms with E-state index in [1.807, 2.05) is 19.9 Å². The van der Waals surface area contributed by atoms with E-state index in [1.54, 1.807) is 49.6 Å². The smallest absolute Gasteiger partial charge is 0.165 e. The van der Waals surface area contributed by atoms with Gasteiger partial charge in [-0.15, -0.1) is 0 Å². The number of carbonyl (C=O) groups excluding carboxylic acids is 1. The van der Waals surface area contributed by atoms with Crippen LogP contribution in [0, 0.1) is 5.92 Å². The largest absolute Gasteiger partial charge is 0.508 e. The number of phenols is 1. The Balaban J connectivity index is 2.17. The molecule has 0 heterocycles. The third-order valence-corrected chi connectivity index (χ3v) is 4.06. The molecular weight excluding hydrogens is 316 g/mol. The summed E-state index contributed by atoms with van der Waals surface area (Å²) in [5, 5.41) is 20.1. The van der Waals surface area contributed by atoms with Gasteiger partial charge in [-0.2, -0.15) is 0 Å². The summed E-state index contributed by atoms with van der Waals surface area (Å²) in [6, 6.07) is 6.64. The lowest BCUT2D eigenvalue weighted by Gasteiger charge is -2.25. The lowest BCUT2D eigenvalue weighted by molar-refractivity contribution is -0.119. The van der Waals surface area contributed by atoms with Crippen LogP contribution in [0.15, 0.2) is 65.5 Å². The van der Waals surface area contributed by atoms with E-state index in [-0.39, 0.29) is 11.5 Å². The molecule has 0 bridgehead atoms. The summed E-state index contributed by atoms with van der Waals surface area (Å²) in [5.41, 5.74) is 2.56. The summed E-state index contributed by atoms with van der Waals surface area (Å²) in [7, 11) is 1.55. The van der Waals surface area contributed by atoms with Crippen molar-refractivity contribution in [2.45, 2.75) is 26.4 Å². The zero-order valence-electron chi connectivity index (χ0n) is 14.8. The minimum absolute atomic E-state index is 0.142. The molecule has 0 aliphatic heterocycles. The van der Waals surface area contributed by atoms with Crippen LogP contribution in [0.3, 0.4) is 0 Å². The van der Waals surface area contributed by atoms with Gasteiger partial charge in [0.15, 0.2) is 5.78 Å². The number of carbonyl (C=O) groups is 1. The number of hydrogen-bond donors (Lipinski definition) is 2. The van der Waals surface area contributed by atoms with E-state index in [4.69, 9.17) is 4.74 Å². The van der Waals surface area contributed by atoms with Crippen molar-refractivity contribution in [2.75, 3.05) is 7.11 Å². The number of ether oxygens (including phenoxy) is 1. The predicted octanol–water partition coefficient (Wildman–Crippen LogP) is 3.78. The van der Waals surface area contributed by atoms with Gasteiger partial charge in [0.2, 0.25) is 0 Å². The van der Waals surface area contributed by atoms with Gasteiger partial charge in [-0.3, -0.25) is 4.79 Å². The fourth-order valence-corrected chi connectivity index (χ4v) is 2.67. The Morgan fingerprint density at radius 1 is 1.32 bits per heavy atom. The molecule has 0 spiro atoms. The van der Waals surface area contributed by atoms with Crippen molar-refractivity contribution in [1.82, 2.24) is 0 Å². The number of ketones is 1. The second-order valence-electron chi connectivity index (χ2n) is 6.24. The van der Waals surface area contributed by atoms with Gasteiger partial charge >= 0.3 is 0 Å². The van der Waals surface area contributed by atoms with E-state index >= 15 is 0 Å². The van der Waals surface area contributed by atoms with Gasteiger partial charge in [0.05, 0.1) is 19.1 Å². The number of allylic oxidation sites excluding steroid dienone is 4. The molecule has 25 heavy (non-hydrogen) atoms. The molecular formula is C21H24O4. The monoisotopic (exact) mass is 340 g/mol. The molecule has 0 saturated carbocycles. The van der Waals surface area contributed by atoms with Crippen molar-refractivity contribution in [1.29, 1.82) is 0 Å². The summed E-state index contributed by atoms with van der Waals surface area (Å²) < 4.78 is 5.32. The first-order valence-electron chi connectivity index (χ1n) is 8.20. The Kier molecular flexibility index (Phi) is 6.37. The summed E-state index contributed by atoms with van der Waals surface area (Å²) in [6.07, 6.45) is 8.10. The van der Waals surface area contributed by atoms with Crippen LogP contribution < -0.4 is 0 Å². The zero-order chi connectivity index (χ0) is 18.4. The highest BCUT2D eigenvalue weighted by atomic mass is 16.5. The molecule has 2 unspecified atom stereocenters. The SMILES string of the molecule is COC1=C(CC=C(C)C)C(O)C(C(=O)C=Cc2cccc(O)c2)C=C1. The number of aliphatic hydroxyl groups is 1. The third-order valence-electron chi connectivity index (χ3n) is 4.06. The first-order chi connectivity index (χ1) is 11.9. The molecule has 4 heteroatoms. The molecule has 2 N–H and O–H groups in total. The molecule has 132 valence electrons. The van der Waals surface area contributed by atoms with Gasteiger partial charge in [0.1, 0.15) is 11.5 Å². The van der Waals surface area contributed by atoms with E-state index in [0.29, 0.717) is 17.8 Å². The lowest BCUT2D eigenvalue weighted by Crippen LogP contribution is -2.30. The molecule has 1 aliphatic carbocycles. The van der Waals surface area contributed by atoms with Crippen LogP contribution in [0.1, 0.15) is 25.8 Å². The van der Waals surface area contributed by atoms with Crippen LogP contribution in [-0.4, -0.2) is 29.2 Å². The van der Waals surface area contributed by atoms with Crippen molar-refractivity contribution in [2.24, 2.45) is 5.92 Å². The first kappa shape index (κ1) is 18.7. The minimum atomic E-state index is -0.920. The fourth-order valence-electron chi connectivity index (χ4n) is 2.67. The maximum atomic E-state index is 12.5. The molecule has 0 amide bonds. The highest BCUT2D eigenvalue weighted by Crippen LogP contribution is 2.29. The van der Waals surface area contributed by atoms with Crippen molar-refractivity contribution < 1.29 is 19.7 Å². The van der Waals surface area contributed by atoms with Gasteiger partial charge in [0, 0.05) is 5.57 Å². The highest BCUT2D eigenvalue weighted by molar-refractivity contribution is 5.97. The number of phenolic OH excluding ortho intramolecular Hbond substituents is 1. The maximum absolute atomic E-state index is 12.5. The quantitative estimate of drug-likeness (QED) is 0.611. The van der Waals surface area contributed by atoms with Crippen LogP contribution in [0.25, 0.3) is 6.08 Å². The molecule has 2 rings (SSSR count). The second kappa shape index (κ2) is 8.49. The van der Waals surface area contributed by atoms with Gasteiger partial charge < -0.3 is 14.9 Å². The lowest BCUT2D eigenvalue weighted by atomic mass is 9.85. The number of rotatable bonds is 6. The number of methoxy groups -OCH3 is 1. The molecule has 0 fully saturated rings. The Bertz CT molecular complexity index is 749. The third kappa shape index (κ3) is 4.94. The molecule has 2 atom stereocenters. The number of aliphatic hydroxyl groups excluding tert-OH is 1. The topological polar surface area (TPSA) is 66.8 Å². The van der Waals surface area contributed by atoms with Gasteiger partial charge in [-0.1, -0.05) is 35.9 Å². The Morgan fingerprint density at radius 2 is 2.08 bits per heavy atom. The molecule has 0 radical (unpaired) electrons. The summed E-state index contributed by atoms with van der Waals surface area (Å²) >= 11 is 0. The molecule has 0 saturated heterocycles. The van der Waals surface area contributed by atoms with E-state index in [1.165, 1.54) is 6.08 Å². The van der Waals surface area contributed by atoms with Gasteiger partial charge in [-0.25, -0.2) is 0 Å². The average Bonchev–Trinajstić information content (AvgIpc) is 2.58. The van der Waals surface area contributed by atoms with Crippen LogP contribution in [0.4, 0.5) is 0 Å². The summed E-state index contributed by atoms with van der Waals surface area (Å²) in [5.74, 6) is -0.0974. The average molecular weight is 340 g/mol. The van der Waals surface area contributed by atoms with Crippen LogP contribution in [-0.2, 0) is 9.53 Å². The molecule has 1 aromatic carbocycles. The van der Waals surface area contributed by atoms with Crippen molar-refractivity contribution >= 4 is 11.9 Å². The normalized spacial score (nSPS) is 20.0. The van der Waals surface area contributed by atoms with E-state index in [0.717, 1.165) is 11.1 Å². The van der Waals surface area contributed by atoms with Crippen LogP contribution in [0.2, 0.25) is 0 Å². The molecule has 4 nitrogen and oxygen atoms in total. The number of benzene rings is 1. The Morgan fingerprint density at radius 3 is 2.72 bits per heavy atom. The Labute approximate surface area is 148 Å². The van der Waals surface area contributed by atoms with Crippen molar-refractivity contribution in [3.8, 4) is 5.75 Å². The maximum Gasteiger partial charge on any atom is 0.165 e. The van der Waals surface area contributed by atoms with Crippen molar-refractivity contribution in [3.05, 3.63) is 71.0 Å². The summed E-state index contributed by atoms with van der Waals surface area (Å²) in [4.78, 5) is 12.5. The van der Waals surface area contributed by atoms with E-state index in [2.05, 4.69) is 0 Å². The number of aromatic hydroxyl groups is 1. The molecule has 1 aliphatic rings. The van der Waals surface area contributed by atoms with Gasteiger partial charge in [-0.05, 0) is 50.1 Å². The molecule has 1 aromatic rings. The minimum Gasteiger partial charge on any atom is -0.508 e. The van der Waals surface area contributed by atoms with Crippen molar-refractivity contribution in [3.63, 3.8) is 0 Å². The standard InChI is InChI=1S/C21H24O4/c1-14(2)7-9-18-20(25-3)12-10-17(21(18)24)19(23)11-8-15-5-4-6-16(22)13-15/h4-8,10-13,17,21-22,24H,9H2,1-3H3. The predicted molar refractivity (Wildman–Crippen MR) is 98.9 cm³/mol. The highest BCUT2D eigenvalue weighted by Gasteiger charge is 2.30. The number of hydrogen-bond acceptors (Lipinski definition) is 4. The van der Waals surface area contributed by atoms with E-state index in [9.17, 15) is 15.0 Å². The second-order valence-corrected chi connectivity index (χ2v) is 6.24. The zero-order valence-corrected chi connectivity index (χ0v) is 14.8. The first-order valence-corrected chi connectivity index (χ1v) is 8.20. The van der Waals surface area contributed by atoms with Crippen LogP contribution >= 0.6 is 0 Å².